The van der Waals surface area contributed by atoms with Crippen molar-refractivity contribution in [1.29, 1.82) is 0 Å². The molecule has 0 amide bonds. The van der Waals surface area contributed by atoms with Crippen molar-refractivity contribution in [3.63, 3.8) is 0 Å². The minimum Gasteiger partial charge on any atom is -0.367 e. The molecule has 5 heteroatoms. The molecule has 24 heavy (non-hydrogen) atoms. The van der Waals surface area contributed by atoms with Crippen molar-refractivity contribution in [2.45, 2.75) is 18.9 Å². The van der Waals surface area contributed by atoms with Gasteiger partial charge in [0.1, 0.15) is 5.82 Å². The fraction of sp³-hybridized carbons (Fsp3) is 0.158. The van der Waals surface area contributed by atoms with Crippen molar-refractivity contribution in [3.05, 3.63) is 65.7 Å². The Labute approximate surface area is 145 Å². The Balaban J connectivity index is 1.67. The van der Waals surface area contributed by atoms with Gasteiger partial charge in [-0.05, 0) is 37.1 Å². The smallest absolute Gasteiger partial charge is 0.229 e. The van der Waals surface area contributed by atoms with Gasteiger partial charge >= 0.3 is 0 Å². The quantitative estimate of drug-likeness (QED) is 0.679. The average molecular weight is 337 g/mol. The van der Waals surface area contributed by atoms with Crippen LogP contribution in [0.4, 0.5) is 17.5 Å². The molecule has 1 aliphatic carbocycles. The molecule has 0 bridgehead atoms. The molecule has 2 N–H and O–H groups in total. The highest BCUT2D eigenvalue weighted by atomic mass is 35.5. The van der Waals surface area contributed by atoms with Crippen LogP contribution in [0, 0.1) is 0 Å². The topological polar surface area (TPSA) is 49.8 Å². The molecule has 0 spiro atoms. The van der Waals surface area contributed by atoms with Gasteiger partial charge in [-0.1, -0.05) is 41.9 Å². The molecule has 0 unspecified atom stereocenters. The lowest BCUT2D eigenvalue weighted by atomic mass is 10.1. The summed E-state index contributed by atoms with van der Waals surface area (Å²) in [6.45, 7) is 0. The van der Waals surface area contributed by atoms with E-state index in [-0.39, 0.29) is 0 Å². The van der Waals surface area contributed by atoms with Crippen LogP contribution in [0.2, 0.25) is 5.02 Å². The maximum atomic E-state index is 5.94. The lowest BCUT2D eigenvalue weighted by molar-refractivity contribution is 1.09. The van der Waals surface area contributed by atoms with Crippen LogP contribution >= 0.6 is 11.6 Å². The first-order valence-corrected chi connectivity index (χ1v) is 8.38. The van der Waals surface area contributed by atoms with Gasteiger partial charge in [0, 0.05) is 28.4 Å². The first kappa shape index (κ1) is 15.0. The van der Waals surface area contributed by atoms with Gasteiger partial charge in [-0.3, -0.25) is 0 Å². The van der Waals surface area contributed by atoms with Crippen LogP contribution in [0.5, 0.6) is 0 Å². The summed E-state index contributed by atoms with van der Waals surface area (Å²) in [5.41, 5.74) is 2.87. The van der Waals surface area contributed by atoms with Crippen LogP contribution in [0.15, 0.2) is 60.7 Å². The molecule has 1 aliphatic rings. The zero-order valence-corrected chi connectivity index (χ0v) is 13.8. The zero-order chi connectivity index (χ0) is 16.4. The molecule has 4 rings (SSSR count). The van der Waals surface area contributed by atoms with E-state index in [0.717, 1.165) is 22.8 Å². The molecule has 2 aromatic carbocycles. The molecule has 0 atom stereocenters. The fourth-order valence-corrected chi connectivity index (χ4v) is 2.56. The second-order valence-electron chi connectivity index (χ2n) is 5.88. The molecule has 0 radical (unpaired) electrons. The second kappa shape index (κ2) is 6.49. The lowest BCUT2D eigenvalue weighted by Crippen LogP contribution is -2.06. The maximum Gasteiger partial charge on any atom is 0.229 e. The number of hydrogen-bond donors (Lipinski definition) is 2. The predicted octanol–water partition coefficient (Wildman–Crippen LogP) is 5.11. The summed E-state index contributed by atoms with van der Waals surface area (Å²) in [6, 6.07) is 20.2. The number of nitrogens with zero attached hydrogens (tertiary/aromatic N) is 2. The standard InChI is InChI=1S/C19H17ClN4/c20-14-6-8-16(9-7-14)22-19-23-17(13-4-2-1-3-5-13)12-18(24-19)21-15-10-11-15/h1-9,12,15H,10-11H2,(H2,21,22,23,24). The Hall–Kier alpha value is -2.59. The molecule has 0 aliphatic heterocycles. The van der Waals surface area contributed by atoms with Crippen molar-refractivity contribution in [2.75, 3.05) is 10.6 Å². The average Bonchev–Trinajstić information content (AvgIpc) is 3.42. The largest absolute Gasteiger partial charge is 0.367 e. The highest BCUT2D eigenvalue weighted by Crippen LogP contribution is 2.28. The van der Waals surface area contributed by atoms with Crippen LogP contribution in [0.3, 0.4) is 0 Å². The van der Waals surface area contributed by atoms with E-state index in [9.17, 15) is 0 Å². The predicted molar refractivity (Wildman–Crippen MR) is 98.8 cm³/mol. The molecule has 0 saturated heterocycles. The van der Waals surface area contributed by atoms with Gasteiger partial charge in [-0.15, -0.1) is 0 Å². The van der Waals surface area contributed by atoms with Gasteiger partial charge in [0.05, 0.1) is 5.69 Å². The normalized spacial score (nSPS) is 13.5. The molecular weight excluding hydrogens is 320 g/mol. The molecule has 1 aromatic heterocycles. The lowest BCUT2D eigenvalue weighted by Gasteiger charge is -2.11. The van der Waals surface area contributed by atoms with Gasteiger partial charge in [-0.2, -0.15) is 4.98 Å². The summed E-state index contributed by atoms with van der Waals surface area (Å²) in [4.78, 5) is 9.24. The van der Waals surface area contributed by atoms with E-state index >= 15 is 0 Å². The molecule has 4 nitrogen and oxygen atoms in total. The van der Waals surface area contributed by atoms with Gasteiger partial charge < -0.3 is 10.6 Å². The number of halogens is 1. The minimum atomic E-state index is 0.534. The Morgan fingerprint density at radius 1 is 0.917 bits per heavy atom. The van der Waals surface area contributed by atoms with Gasteiger partial charge in [0.15, 0.2) is 0 Å². The van der Waals surface area contributed by atoms with Crippen LogP contribution < -0.4 is 10.6 Å². The summed E-state index contributed by atoms with van der Waals surface area (Å²) in [6.07, 6.45) is 2.40. The van der Waals surface area contributed by atoms with Gasteiger partial charge in [0.2, 0.25) is 5.95 Å². The summed E-state index contributed by atoms with van der Waals surface area (Å²) >= 11 is 5.94. The van der Waals surface area contributed by atoms with E-state index in [1.165, 1.54) is 12.8 Å². The first-order valence-electron chi connectivity index (χ1n) is 8.00. The van der Waals surface area contributed by atoms with E-state index in [0.29, 0.717) is 17.0 Å². The van der Waals surface area contributed by atoms with Gasteiger partial charge in [-0.25, -0.2) is 4.98 Å². The second-order valence-corrected chi connectivity index (χ2v) is 6.31. The Morgan fingerprint density at radius 3 is 2.38 bits per heavy atom. The highest BCUT2D eigenvalue weighted by Gasteiger charge is 2.22. The van der Waals surface area contributed by atoms with Crippen molar-refractivity contribution < 1.29 is 0 Å². The molecule has 3 aromatic rings. The number of hydrogen-bond acceptors (Lipinski definition) is 4. The molecule has 1 fully saturated rings. The molecule has 120 valence electrons. The van der Waals surface area contributed by atoms with Crippen LogP contribution in [0.25, 0.3) is 11.3 Å². The van der Waals surface area contributed by atoms with E-state index in [1.54, 1.807) is 0 Å². The maximum absolute atomic E-state index is 5.94. The van der Waals surface area contributed by atoms with Crippen molar-refractivity contribution in [1.82, 2.24) is 9.97 Å². The highest BCUT2D eigenvalue weighted by molar-refractivity contribution is 6.30. The minimum absolute atomic E-state index is 0.534. The van der Waals surface area contributed by atoms with Crippen molar-refractivity contribution in [3.8, 4) is 11.3 Å². The Morgan fingerprint density at radius 2 is 1.67 bits per heavy atom. The monoisotopic (exact) mass is 336 g/mol. The van der Waals surface area contributed by atoms with Crippen molar-refractivity contribution in [2.24, 2.45) is 0 Å². The number of aromatic nitrogens is 2. The summed E-state index contributed by atoms with van der Waals surface area (Å²) in [7, 11) is 0. The summed E-state index contributed by atoms with van der Waals surface area (Å²) in [5, 5.41) is 7.41. The number of anilines is 3. The Kier molecular flexibility index (Phi) is 4.05. The van der Waals surface area contributed by atoms with E-state index in [4.69, 9.17) is 11.6 Å². The van der Waals surface area contributed by atoms with Crippen LogP contribution in [-0.2, 0) is 0 Å². The van der Waals surface area contributed by atoms with E-state index in [1.807, 2.05) is 48.5 Å². The van der Waals surface area contributed by atoms with Crippen molar-refractivity contribution >= 4 is 29.1 Å². The number of rotatable bonds is 5. The molecule has 1 heterocycles. The number of benzene rings is 2. The third kappa shape index (κ3) is 3.66. The first-order chi connectivity index (χ1) is 11.8. The zero-order valence-electron chi connectivity index (χ0n) is 13.0. The molecular formula is C19H17ClN4. The van der Waals surface area contributed by atoms with Crippen LogP contribution in [-0.4, -0.2) is 16.0 Å². The summed E-state index contributed by atoms with van der Waals surface area (Å²) < 4.78 is 0. The summed E-state index contributed by atoms with van der Waals surface area (Å²) in [5.74, 6) is 1.42. The Bertz CT molecular complexity index is 830. The van der Waals surface area contributed by atoms with Crippen LogP contribution in [0.1, 0.15) is 12.8 Å². The number of nitrogens with one attached hydrogen (secondary N) is 2. The molecule has 1 saturated carbocycles. The van der Waals surface area contributed by atoms with Gasteiger partial charge in [0.25, 0.3) is 0 Å². The third-order valence-electron chi connectivity index (χ3n) is 3.83. The fourth-order valence-electron chi connectivity index (χ4n) is 2.43. The SMILES string of the molecule is Clc1ccc(Nc2nc(NC3CC3)cc(-c3ccccc3)n2)cc1. The van der Waals surface area contributed by atoms with E-state index < -0.39 is 0 Å². The third-order valence-corrected chi connectivity index (χ3v) is 4.08. The van der Waals surface area contributed by atoms with E-state index in [2.05, 4.69) is 32.7 Å².